The average Bonchev–Trinajstić information content (AvgIpc) is 1.77. The molecule has 30 nitrogen and oxygen atoms in total. The van der Waals surface area contributed by atoms with Crippen molar-refractivity contribution in [3.8, 4) is 28.4 Å². The number of carbonyl (C=O) groups is 8. The smallest absolute Gasteiger partial charge is 0.407 e. The Labute approximate surface area is 541 Å². The van der Waals surface area contributed by atoms with Crippen LogP contribution in [0.15, 0.2) is 66.7 Å². The van der Waals surface area contributed by atoms with E-state index in [0.717, 1.165) is 60.5 Å². The number of aliphatic hydroxyl groups excluding tert-OH is 6. The van der Waals surface area contributed by atoms with Crippen molar-refractivity contribution in [2.24, 2.45) is 17.6 Å². The molecule has 1 unspecified atom stereocenters. The molecule has 0 spiro atoms. The van der Waals surface area contributed by atoms with E-state index in [2.05, 4.69) is 41.3 Å². The minimum absolute atomic E-state index is 0.0300. The van der Waals surface area contributed by atoms with E-state index in [4.69, 9.17) is 24.6 Å². The SMILES string of the molecule is C[C@H](O)[C@@H]1NC(=O)[C@@H](NC(=O)c2ccc(-c3ccc(OCC(CC4CCCCC4)NC(=O)OC(C)(C)C)cc3)cc2)C[C@H](O)CNC(=O)[C@@H]2[C@@H](O)[C@H](C)CN2C(=O)[C@H]([C@H](O)CCN)NC(=O)[C@H]([C@H](O)Cc2ccc(O)c(OSOOO)c2)NC(=O)[C@@H]2C[C@H](O)CN2C1=O. The summed E-state index contributed by atoms with van der Waals surface area (Å²) in [6.45, 7) is 6.43. The van der Waals surface area contributed by atoms with Gasteiger partial charge in [0.15, 0.2) is 11.5 Å². The molecule has 0 aromatic heterocycles. The van der Waals surface area contributed by atoms with Crippen molar-refractivity contribution < 1.29 is 102 Å². The molecule has 1 saturated carbocycles. The zero-order valence-electron chi connectivity index (χ0n) is 52.4. The number of aromatic hydroxyl groups is 1. The van der Waals surface area contributed by atoms with E-state index in [9.17, 15) is 74.1 Å². The molecular formula is C62H87N9O21S. The monoisotopic (exact) mass is 1330 g/mol. The quantitative estimate of drug-likeness (QED) is 0.0305. The second kappa shape index (κ2) is 33.6. The number of rotatable bonds is 20. The molecule has 0 radical (unpaired) electrons. The largest absolute Gasteiger partial charge is 0.504 e. The topological polar surface area (TPSA) is 449 Å². The van der Waals surface area contributed by atoms with E-state index in [1.807, 2.05) is 12.1 Å². The summed E-state index contributed by atoms with van der Waals surface area (Å²) in [5, 5.41) is 106. The fourth-order valence-electron chi connectivity index (χ4n) is 11.9. The molecule has 3 aliphatic heterocycles. The number of alkyl carbamates (subject to hydrolysis) is 1. The third-order valence-corrected chi connectivity index (χ3v) is 17.1. The second-order valence-electron chi connectivity index (χ2n) is 25.2. The molecule has 0 bridgehead atoms. The Bertz CT molecular complexity index is 3050. The van der Waals surface area contributed by atoms with Crippen molar-refractivity contribution in [3.63, 3.8) is 0 Å². The van der Waals surface area contributed by atoms with E-state index in [-0.39, 0.29) is 61.4 Å². The molecule has 16 N–H and O–H groups in total. The van der Waals surface area contributed by atoms with Crippen LogP contribution in [0.3, 0.4) is 0 Å². The Morgan fingerprint density at radius 3 is 2.06 bits per heavy atom. The van der Waals surface area contributed by atoms with Crippen molar-refractivity contribution in [1.29, 1.82) is 0 Å². The first-order valence-electron chi connectivity index (χ1n) is 31.0. The van der Waals surface area contributed by atoms with Crippen LogP contribution < -0.4 is 46.6 Å². The first kappa shape index (κ1) is 73.0. The number of aliphatic hydroxyl groups is 6. The Hall–Kier alpha value is -7.43. The minimum atomic E-state index is -2.11. The number of nitrogens with zero attached hydrogens (tertiary/aromatic N) is 2. The standard InChI is InChI=1S/C62H87N9O21S/c1-32-29-71-52(53(32)78)58(83)64-28-40(73)26-43(66-54(79)38-14-12-36(13-15-38)37-16-18-42(19-17-37)88-31-39(23-34-9-7-6-8-10-34)65-61(86)89-62(3,4)5)55(80)67-49(33(2)72)59(84)70-30-41(74)27-44(70)56(81)68-50(57(82)69-51(60(71)85)46(76)21-22-63)47(77)24-35-11-20-45(75)48(25-35)90-93-92-91-87/h11-20,25,32-34,39-41,43-44,46-47,49-53,72-78,87H,6-10,21-24,26-31,63H2,1-5H3,(H,64,83)(H,65,86)(H,66,79)(H,67,80)(H,68,81)(H,69,82)/t32-,33+,39?,40+,41+,43+,44+,46-,47-,49+,50+,51+,52+,53+/m1/s1. The molecule has 4 fully saturated rings. The van der Waals surface area contributed by atoms with Gasteiger partial charge in [-0.1, -0.05) is 78.7 Å². The van der Waals surface area contributed by atoms with Gasteiger partial charge in [0.1, 0.15) is 54.2 Å². The van der Waals surface area contributed by atoms with Crippen molar-refractivity contribution in [1.82, 2.24) is 41.7 Å². The Balaban J connectivity index is 1.14. The minimum Gasteiger partial charge on any atom is -0.504 e. The van der Waals surface area contributed by atoms with Crippen LogP contribution in [0.5, 0.6) is 17.2 Å². The van der Waals surface area contributed by atoms with Gasteiger partial charge in [0, 0.05) is 50.4 Å². The van der Waals surface area contributed by atoms with Gasteiger partial charge in [-0.15, -0.1) is 0 Å². The van der Waals surface area contributed by atoms with Gasteiger partial charge in [-0.3, -0.25) is 33.6 Å². The van der Waals surface area contributed by atoms with Crippen LogP contribution in [0.25, 0.3) is 11.1 Å². The predicted octanol–water partition coefficient (Wildman–Crippen LogP) is -0.0378. The number of benzene rings is 3. The van der Waals surface area contributed by atoms with Gasteiger partial charge >= 0.3 is 6.09 Å². The van der Waals surface area contributed by atoms with Crippen LogP contribution in [-0.2, 0) is 49.3 Å². The van der Waals surface area contributed by atoms with Crippen molar-refractivity contribution in [3.05, 3.63) is 77.9 Å². The number of hydrogen-bond donors (Lipinski definition) is 15. The fraction of sp³-hybridized carbons (Fsp3) is 0.581. The molecule has 3 aromatic carbocycles. The lowest BCUT2D eigenvalue weighted by molar-refractivity contribution is -0.433. The lowest BCUT2D eigenvalue weighted by Crippen LogP contribution is -2.64. The Morgan fingerprint density at radius 2 is 1.42 bits per heavy atom. The summed E-state index contributed by atoms with van der Waals surface area (Å²) < 4.78 is 21.1. The van der Waals surface area contributed by atoms with Crippen LogP contribution in [0, 0.1) is 11.8 Å². The maximum atomic E-state index is 14.7. The van der Waals surface area contributed by atoms with Gasteiger partial charge in [0.05, 0.1) is 42.7 Å². The molecule has 3 heterocycles. The number of ether oxygens (including phenoxy) is 2. The Morgan fingerprint density at radius 1 is 0.774 bits per heavy atom. The van der Waals surface area contributed by atoms with Gasteiger partial charge in [-0.2, -0.15) is 0 Å². The van der Waals surface area contributed by atoms with E-state index in [1.54, 1.807) is 45.0 Å². The van der Waals surface area contributed by atoms with Gasteiger partial charge in [0.2, 0.25) is 35.4 Å². The number of nitrogens with two attached hydrogens (primary N) is 1. The molecule has 4 aliphatic rings. The molecule has 3 saturated heterocycles. The molecule has 512 valence electrons. The number of nitrogens with one attached hydrogen (secondary N) is 6. The molecule has 14 atom stereocenters. The molecule has 31 heteroatoms. The van der Waals surface area contributed by atoms with Crippen molar-refractivity contribution in [2.45, 2.75) is 183 Å². The number of β-amino-alcohol motifs (C(OH)–C–C–N with tert-alkyl or cyclic N) is 1. The maximum Gasteiger partial charge on any atom is 0.407 e. The summed E-state index contributed by atoms with van der Waals surface area (Å²) in [5.41, 5.74) is 6.68. The van der Waals surface area contributed by atoms with Gasteiger partial charge in [-0.25, -0.2) is 10.1 Å². The normalized spacial score (nSPS) is 26.2. The third kappa shape index (κ3) is 20.3. The number of phenols is 1. The number of amides is 8. The highest BCUT2D eigenvalue weighted by atomic mass is 32.2. The van der Waals surface area contributed by atoms with Crippen LogP contribution in [-0.4, -0.2) is 216 Å². The van der Waals surface area contributed by atoms with E-state index in [0.29, 0.717) is 17.2 Å². The summed E-state index contributed by atoms with van der Waals surface area (Å²) in [7, 11) is 0. The Kier molecular flexibility index (Phi) is 26.4. The average molecular weight is 1330 g/mol. The highest BCUT2D eigenvalue weighted by Gasteiger charge is 2.50. The summed E-state index contributed by atoms with van der Waals surface area (Å²) in [5.74, 6) is -8.36. The first-order chi connectivity index (χ1) is 44.1. The first-order valence-corrected chi connectivity index (χ1v) is 31.7. The van der Waals surface area contributed by atoms with Crippen molar-refractivity contribution >= 4 is 59.8 Å². The van der Waals surface area contributed by atoms with Crippen LogP contribution in [0.4, 0.5) is 4.79 Å². The number of fused-ring (bicyclic) bond motifs is 2. The summed E-state index contributed by atoms with van der Waals surface area (Å²) >= 11 is 0.0784. The highest BCUT2D eigenvalue weighted by molar-refractivity contribution is 7.90. The highest BCUT2D eigenvalue weighted by Crippen LogP contribution is 2.33. The molecule has 3 aromatic rings. The predicted molar refractivity (Wildman–Crippen MR) is 331 cm³/mol. The summed E-state index contributed by atoms with van der Waals surface area (Å²) in [6, 6.07) is 5.52. The van der Waals surface area contributed by atoms with Crippen LogP contribution >= 0.6 is 12.3 Å². The molecule has 1 aliphatic carbocycles. The number of carbonyl (C=O) groups excluding carboxylic acids is 8. The van der Waals surface area contributed by atoms with Crippen molar-refractivity contribution in [2.75, 3.05) is 32.8 Å². The third-order valence-electron chi connectivity index (χ3n) is 16.7. The van der Waals surface area contributed by atoms with Crippen LogP contribution in [0.1, 0.15) is 108 Å². The molecule has 93 heavy (non-hydrogen) atoms. The molecule has 7 rings (SSSR count). The van der Waals surface area contributed by atoms with E-state index in [1.165, 1.54) is 37.6 Å². The van der Waals surface area contributed by atoms with Gasteiger partial charge in [0.25, 0.3) is 18.2 Å². The number of hydrogen-bond acceptors (Lipinski definition) is 23. The van der Waals surface area contributed by atoms with Gasteiger partial charge < -0.3 is 96.8 Å². The summed E-state index contributed by atoms with van der Waals surface area (Å²) in [6.07, 6.45) is -6.45. The second-order valence-corrected chi connectivity index (χ2v) is 25.6. The maximum absolute atomic E-state index is 14.7. The zero-order valence-corrected chi connectivity index (χ0v) is 53.2. The van der Waals surface area contributed by atoms with E-state index >= 15 is 0 Å². The van der Waals surface area contributed by atoms with E-state index < -0.39 is 170 Å². The number of phenolic OH excluding ortho intramolecular Hbond substituents is 1. The molecule has 8 amide bonds. The zero-order chi connectivity index (χ0) is 67.8. The molecular weight excluding hydrogens is 1240 g/mol. The van der Waals surface area contributed by atoms with Gasteiger partial charge in [-0.05, 0) is 106 Å². The lowest BCUT2D eigenvalue weighted by atomic mass is 9.85. The van der Waals surface area contributed by atoms with Crippen LogP contribution in [0.2, 0.25) is 0 Å². The summed E-state index contributed by atoms with van der Waals surface area (Å²) in [4.78, 5) is 116. The lowest BCUT2D eigenvalue weighted by Gasteiger charge is -2.34. The fourth-order valence-corrected chi connectivity index (χ4v) is 12.2.